The molecule has 3 rings (SSSR count). The lowest BCUT2D eigenvalue weighted by atomic mass is 9.92. The number of nitrogens with zero attached hydrogens (tertiary/aromatic N) is 2. The fourth-order valence-electron chi connectivity index (χ4n) is 3.58. The quantitative estimate of drug-likeness (QED) is 0.604. The summed E-state index contributed by atoms with van der Waals surface area (Å²) < 4.78 is 30.4. The summed E-state index contributed by atoms with van der Waals surface area (Å²) in [5, 5.41) is 13.3. The van der Waals surface area contributed by atoms with Crippen LogP contribution in [0, 0.1) is 32.1 Å². The van der Waals surface area contributed by atoms with Crippen LogP contribution in [0.2, 0.25) is 0 Å². The van der Waals surface area contributed by atoms with E-state index in [4.69, 9.17) is 9.55 Å². The normalized spacial score (nSPS) is 20.4. The predicted molar refractivity (Wildman–Crippen MR) is 117 cm³/mol. The van der Waals surface area contributed by atoms with Crippen LogP contribution in [0.3, 0.4) is 0 Å². The summed E-state index contributed by atoms with van der Waals surface area (Å²) in [6.07, 6.45) is 8.81. The molecule has 150 valence electrons. The standard InChI is InChI=1S/C22H22N2O3S2/c1-14-12-15(2)22(16(3)13-14)29(25,26)27-24-21-9-8-20(28-21)19-7-5-6-18(10-11-23)17(19)4/h5-6,8-9,12-13H,7,10H2,1-4H3. The van der Waals surface area contributed by atoms with Crippen molar-refractivity contribution in [3.8, 4) is 6.07 Å². The van der Waals surface area contributed by atoms with Crippen molar-refractivity contribution in [2.24, 2.45) is 5.16 Å². The lowest BCUT2D eigenvalue weighted by Crippen LogP contribution is -2.08. The molecule has 7 heteroatoms. The van der Waals surface area contributed by atoms with Crippen LogP contribution in [0.5, 0.6) is 0 Å². The molecule has 1 aliphatic heterocycles. The Hall–Kier alpha value is -2.56. The van der Waals surface area contributed by atoms with Crippen molar-refractivity contribution in [2.45, 2.75) is 45.4 Å². The Morgan fingerprint density at radius 2 is 1.83 bits per heavy atom. The summed E-state index contributed by atoms with van der Waals surface area (Å²) in [5.41, 5.74) is 5.49. The van der Waals surface area contributed by atoms with Crippen molar-refractivity contribution in [1.82, 2.24) is 0 Å². The highest BCUT2D eigenvalue weighted by Crippen LogP contribution is 2.37. The molecule has 0 N–H and O–H groups in total. The molecule has 1 aromatic carbocycles. The van der Waals surface area contributed by atoms with E-state index in [1.165, 1.54) is 11.8 Å². The molecule has 0 saturated heterocycles. The second-order valence-corrected chi connectivity index (χ2v) is 9.58. The summed E-state index contributed by atoms with van der Waals surface area (Å²) in [5.74, 6) is 0. The molecule has 0 atom stereocenters. The molecule has 1 heterocycles. The van der Waals surface area contributed by atoms with Gasteiger partial charge in [-0.05, 0) is 74.1 Å². The van der Waals surface area contributed by atoms with Gasteiger partial charge in [-0.25, -0.2) is 0 Å². The third kappa shape index (κ3) is 4.55. The zero-order valence-electron chi connectivity index (χ0n) is 16.8. The van der Waals surface area contributed by atoms with Crippen molar-refractivity contribution in [1.29, 1.82) is 5.26 Å². The SMILES string of the molecule is CC1=C(CC#N)C=CCC1=C1C=CC(=NOS(=O)(=O)c2c(C)cc(C)cc2C)S1. The Balaban J connectivity index is 1.82. The van der Waals surface area contributed by atoms with Crippen molar-refractivity contribution < 1.29 is 12.7 Å². The van der Waals surface area contributed by atoms with E-state index in [2.05, 4.69) is 11.2 Å². The van der Waals surface area contributed by atoms with Gasteiger partial charge in [0.2, 0.25) is 0 Å². The first-order valence-corrected chi connectivity index (χ1v) is 11.4. The summed E-state index contributed by atoms with van der Waals surface area (Å²) in [6, 6.07) is 5.81. The Bertz CT molecular complexity index is 1140. The van der Waals surface area contributed by atoms with Crippen molar-refractivity contribution in [3.63, 3.8) is 0 Å². The van der Waals surface area contributed by atoms with Gasteiger partial charge in [0, 0.05) is 4.91 Å². The van der Waals surface area contributed by atoms with E-state index in [0.29, 0.717) is 22.6 Å². The Morgan fingerprint density at radius 3 is 2.48 bits per heavy atom. The third-order valence-corrected chi connectivity index (χ3v) is 7.25. The molecule has 0 radical (unpaired) electrons. The molecule has 0 amide bonds. The molecule has 0 aromatic heterocycles. The second kappa shape index (κ2) is 8.44. The van der Waals surface area contributed by atoms with Gasteiger partial charge < -0.3 is 0 Å². The summed E-state index contributed by atoms with van der Waals surface area (Å²) in [4.78, 5) is 1.15. The molecule has 0 fully saturated rings. The lowest BCUT2D eigenvalue weighted by Gasteiger charge is -2.16. The number of aryl methyl sites for hydroxylation is 3. The summed E-state index contributed by atoms with van der Waals surface area (Å²) in [7, 11) is -4.00. The van der Waals surface area contributed by atoms with Gasteiger partial charge in [0.25, 0.3) is 0 Å². The molecule has 2 aliphatic rings. The van der Waals surface area contributed by atoms with Crippen molar-refractivity contribution >= 4 is 26.9 Å². The van der Waals surface area contributed by atoms with Crippen LogP contribution < -0.4 is 0 Å². The minimum absolute atomic E-state index is 0.162. The third-order valence-electron chi connectivity index (χ3n) is 4.81. The zero-order valence-corrected chi connectivity index (χ0v) is 18.4. The Labute approximate surface area is 176 Å². The van der Waals surface area contributed by atoms with Gasteiger partial charge in [0.15, 0.2) is 0 Å². The second-order valence-electron chi connectivity index (χ2n) is 7.06. The van der Waals surface area contributed by atoms with Crippen LogP contribution in [-0.4, -0.2) is 13.5 Å². The molecule has 0 spiro atoms. The van der Waals surface area contributed by atoms with E-state index in [1.54, 1.807) is 19.9 Å². The first-order valence-electron chi connectivity index (χ1n) is 9.15. The molecule has 0 bridgehead atoms. The minimum atomic E-state index is -4.00. The highest BCUT2D eigenvalue weighted by molar-refractivity contribution is 8.18. The summed E-state index contributed by atoms with van der Waals surface area (Å²) in [6.45, 7) is 7.43. The molecule has 5 nitrogen and oxygen atoms in total. The van der Waals surface area contributed by atoms with Crippen LogP contribution in [0.25, 0.3) is 0 Å². The molecular weight excluding hydrogens is 404 g/mol. The van der Waals surface area contributed by atoms with Gasteiger partial charge >= 0.3 is 10.1 Å². The largest absolute Gasteiger partial charge is 0.359 e. The van der Waals surface area contributed by atoms with Gasteiger partial charge in [-0.2, -0.15) is 13.7 Å². The van der Waals surface area contributed by atoms with Crippen LogP contribution >= 0.6 is 11.8 Å². The first kappa shape index (κ1) is 21.2. The monoisotopic (exact) mass is 426 g/mol. The van der Waals surface area contributed by atoms with E-state index >= 15 is 0 Å². The van der Waals surface area contributed by atoms with E-state index in [-0.39, 0.29) is 4.90 Å². The number of thioether (sulfide) groups is 1. The minimum Gasteiger partial charge on any atom is -0.264 e. The number of rotatable bonds is 4. The Kier molecular flexibility index (Phi) is 6.15. The maximum atomic E-state index is 12.7. The first-order chi connectivity index (χ1) is 13.7. The maximum absolute atomic E-state index is 12.7. The molecular formula is C22H22N2O3S2. The van der Waals surface area contributed by atoms with E-state index in [1.807, 2.05) is 44.2 Å². The topological polar surface area (TPSA) is 79.5 Å². The van der Waals surface area contributed by atoms with Crippen molar-refractivity contribution in [3.05, 3.63) is 74.8 Å². The number of oxime groups is 1. The number of nitriles is 1. The highest BCUT2D eigenvalue weighted by Gasteiger charge is 2.23. The number of allylic oxidation sites excluding steroid dienone is 6. The van der Waals surface area contributed by atoms with E-state index in [0.717, 1.165) is 33.6 Å². The van der Waals surface area contributed by atoms with Crippen LogP contribution in [0.15, 0.2) is 68.1 Å². The van der Waals surface area contributed by atoms with Crippen molar-refractivity contribution in [2.75, 3.05) is 0 Å². The van der Waals surface area contributed by atoms with Gasteiger partial charge in [-0.15, -0.1) is 0 Å². The number of hydrogen-bond acceptors (Lipinski definition) is 6. The number of benzene rings is 1. The summed E-state index contributed by atoms with van der Waals surface area (Å²) >= 11 is 1.37. The fourth-order valence-corrected chi connectivity index (χ4v) is 5.71. The highest BCUT2D eigenvalue weighted by atomic mass is 32.2. The van der Waals surface area contributed by atoms with E-state index < -0.39 is 10.1 Å². The molecule has 1 aliphatic carbocycles. The van der Waals surface area contributed by atoms with E-state index in [9.17, 15) is 8.42 Å². The average Bonchev–Trinajstić information content (AvgIpc) is 3.10. The maximum Gasteiger partial charge on any atom is 0.359 e. The van der Waals surface area contributed by atoms with Gasteiger partial charge in [-0.3, -0.25) is 4.28 Å². The van der Waals surface area contributed by atoms with Crippen LogP contribution in [0.4, 0.5) is 0 Å². The molecule has 1 aromatic rings. The van der Waals surface area contributed by atoms with Gasteiger partial charge in [-0.1, -0.05) is 46.8 Å². The average molecular weight is 427 g/mol. The van der Waals surface area contributed by atoms with Crippen LogP contribution in [-0.2, 0) is 14.4 Å². The van der Waals surface area contributed by atoms with Gasteiger partial charge in [0.05, 0.1) is 12.5 Å². The van der Waals surface area contributed by atoms with Gasteiger partial charge in [0.1, 0.15) is 9.94 Å². The molecule has 29 heavy (non-hydrogen) atoms. The lowest BCUT2D eigenvalue weighted by molar-refractivity contribution is 0.340. The fraction of sp³-hybridized carbons (Fsp3) is 0.273. The predicted octanol–water partition coefficient (Wildman–Crippen LogP) is 5.38. The smallest absolute Gasteiger partial charge is 0.264 e. The van der Waals surface area contributed by atoms with Crippen LogP contribution in [0.1, 0.15) is 36.5 Å². The molecule has 0 unspecified atom stereocenters. The molecule has 0 saturated carbocycles. The zero-order chi connectivity index (χ0) is 21.2. The number of hydrogen-bond donors (Lipinski definition) is 0. The Morgan fingerprint density at radius 1 is 1.14 bits per heavy atom.